The second-order valence-corrected chi connectivity index (χ2v) is 6.61. The molecule has 1 aromatic heterocycles. The number of aliphatic hydroxyl groups is 1. The van der Waals surface area contributed by atoms with Crippen LogP contribution in [0.25, 0.3) is 0 Å². The van der Waals surface area contributed by atoms with Gasteiger partial charge in [-0.15, -0.1) is 0 Å². The lowest BCUT2D eigenvalue weighted by Gasteiger charge is -2.29. The van der Waals surface area contributed by atoms with Crippen LogP contribution in [-0.4, -0.2) is 38.5 Å². The Hall–Kier alpha value is -1.47. The van der Waals surface area contributed by atoms with Gasteiger partial charge in [-0.1, -0.05) is 20.8 Å². The summed E-state index contributed by atoms with van der Waals surface area (Å²) in [6.45, 7) is 12.4. The lowest BCUT2D eigenvalue weighted by atomic mass is 9.88. The number of hydrogen-bond acceptors (Lipinski definition) is 5. The first-order valence-corrected chi connectivity index (χ1v) is 7.14. The molecule has 1 heterocycles. The van der Waals surface area contributed by atoms with E-state index in [2.05, 4.69) is 38.1 Å². The van der Waals surface area contributed by atoms with Crippen LogP contribution >= 0.6 is 0 Å². The Labute approximate surface area is 125 Å². The molecule has 120 valence electrons. The zero-order valence-corrected chi connectivity index (χ0v) is 13.7. The number of nitrogens with one attached hydrogen (secondary N) is 1. The zero-order chi connectivity index (χ0) is 16.4. The molecule has 21 heavy (non-hydrogen) atoms. The van der Waals surface area contributed by atoms with Crippen LogP contribution in [0.1, 0.15) is 39.1 Å². The molecule has 0 aromatic carbocycles. The third kappa shape index (κ3) is 4.50. The standard InChI is InChI=1S/C14H26N4O3/c1-9-13(18(20)21)10(2)17(16-9)8-12(19)7-15-11(3)14(4,5)6/h11-12,15,19H,7-8H2,1-6H3. The highest BCUT2D eigenvalue weighted by Gasteiger charge is 2.24. The van der Waals surface area contributed by atoms with Gasteiger partial charge in [-0.3, -0.25) is 14.8 Å². The van der Waals surface area contributed by atoms with Gasteiger partial charge in [-0.2, -0.15) is 5.10 Å². The van der Waals surface area contributed by atoms with Crippen molar-refractivity contribution in [2.45, 2.75) is 60.2 Å². The molecule has 7 heteroatoms. The molecule has 0 saturated carbocycles. The summed E-state index contributed by atoms with van der Waals surface area (Å²) >= 11 is 0. The largest absolute Gasteiger partial charge is 0.390 e. The molecule has 0 amide bonds. The third-order valence-corrected chi connectivity index (χ3v) is 3.87. The first-order valence-electron chi connectivity index (χ1n) is 7.14. The predicted octanol–water partition coefficient (Wildman–Crippen LogP) is 1.79. The SMILES string of the molecule is Cc1nn(CC(O)CNC(C)C(C)(C)C)c(C)c1[N+](=O)[O-]. The quantitative estimate of drug-likeness (QED) is 0.617. The van der Waals surface area contributed by atoms with Crippen molar-refractivity contribution >= 4 is 5.69 Å². The molecular weight excluding hydrogens is 272 g/mol. The van der Waals surface area contributed by atoms with E-state index in [-0.39, 0.29) is 23.7 Å². The highest BCUT2D eigenvalue weighted by atomic mass is 16.6. The van der Waals surface area contributed by atoms with E-state index in [0.29, 0.717) is 17.9 Å². The van der Waals surface area contributed by atoms with Gasteiger partial charge >= 0.3 is 5.69 Å². The molecule has 0 aliphatic heterocycles. The minimum atomic E-state index is -0.646. The number of nitro groups is 1. The van der Waals surface area contributed by atoms with Crippen molar-refractivity contribution in [2.75, 3.05) is 6.54 Å². The molecule has 0 saturated heterocycles. The molecule has 0 radical (unpaired) electrons. The van der Waals surface area contributed by atoms with E-state index in [9.17, 15) is 15.2 Å². The molecule has 2 unspecified atom stereocenters. The first kappa shape index (κ1) is 17.6. The van der Waals surface area contributed by atoms with Crippen molar-refractivity contribution in [3.63, 3.8) is 0 Å². The molecule has 1 rings (SSSR count). The van der Waals surface area contributed by atoms with Crippen LogP contribution in [0.2, 0.25) is 0 Å². The summed E-state index contributed by atoms with van der Waals surface area (Å²) in [5.74, 6) is 0. The van der Waals surface area contributed by atoms with Crippen molar-refractivity contribution in [3.8, 4) is 0 Å². The lowest BCUT2D eigenvalue weighted by molar-refractivity contribution is -0.386. The molecular formula is C14H26N4O3. The minimum absolute atomic E-state index is 0.0261. The Morgan fingerprint density at radius 2 is 2.00 bits per heavy atom. The van der Waals surface area contributed by atoms with Gasteiger partial charge in [0.1, 0.15) is 11.4 Å². The molecule has 7 nitrogen and oxygen atoms in total. The second-order valence-electron chi connectivity index (χ2n) is 6.61. The smallest absolute Gasteiger partial charge is 0.312 e. The van der Waals surface area contributed by atoms with E-state index in [0.717, 1.165) is 0 Å². The molecule has 0 aliphatic rings. The van der Waals surface area contributed by atoms with Gasteiger partial charge in [0.15, 0.2) is 0 Å². The van der Waals surface area contributed by atoms with Gasteiger partial charge in [0.2, 0.25) is 0 Å². The number of hydrogen-bond donors (Lipinski definition) is 2. The van der Waals surface area contributed by atoms with E-state index in [1.165, 1.54) is 4.68 Å². The van der Waals surface area contributed by atoms with Crippen LogP contribution in [0.3, 0.4) is 0 Å². The van der Waals surface area contributed by atoms with Crippen LogP contribution in [0.4, 0.5) is 5.69 Å². The summed E-state index contributed by atoms with van der Waals surface area (Å²) in [5.41, 5.74) is 0.982. The van der Waals surface area contributed by atoms with Gasteiger partial charge in [-0.25, -0.2) is 0 Å². The van der Waals surface area contributed by atoms with Gasteiger partial charge in [-0.05, 0) is 26.2 Å². The number of aryl methyl sites for hydroxylation is 1. The molecule has 0 aliphatic carbocycles. The average Bonchev–Trinajstić information content (AvgIpc) is 2.60. The monoisotopic (exact) mass is 298 g/mol. The van der Waals surface area contributed by atoms with E-state index in [4.69, 9.17) is 0 Å². The van der Waals surface area contributed by atoms with Gasteiger partial charge < -0.3 is 10.4 Å². The average molecular weight is 298 g/mol. The van der Waals surface area contributed by atoms with Crippen LogP contribution in [0.15, 0.2) is 0 Å². The van der Waals surface area contributed by atoms with Crippen LogP contribution in [0.5, 0.6) is 0 Å². The second kappa shape index (κ2) is 6.53. The van der Waals surface area contributed by atoms with Crippen molar-refractivity contribution in [2.24, 2.45) is 5.41 Å². The maximum atomic E-state index is 10.9. The zero-order valence-electron chi connectivity index (χ0n) is 13.7. The normalized spacial score (nSPS) is 15.0. The number of rotatable bonds is 6. The van der Waals surface area contributed by atoms with Crippen LogP contribution in [0, 0.1) is 29.4 Å². The summed E-state index contributed by atoms with van der Waals surface area (Å²) < 4.78 is 1.50. The lowest BCUT2D eigenvalue weighted by Crippen LogP contribution is -2.42. The summed E-state index contributed by atoms with van der Waals surface area (Å²) in [7, 11) is 0. The summed E-state index contributed by atoms with van der Waals surface area (Å²) in [4.78, 5) is 10.5. The van der Waals surface area contributed by atoms with Crippen molar-refractivity contribution in [3.05, 3.63) is 21.5 Å². The van der Waals surface area contributed by atoms with Crippen molar-refractivity contribution in [1.82, 2.24) is 15.1 Å². The van der Waals surface area contributed by atoms with Gasteiger partial charge in [0.25, 0.3) is 0 Å². The van der Waals surface area contributed by atoms with E-state index >= 15 is 0 Å². The Balaban J connectivity index is 2.66. The fourth-order valence-electron chi connectivity index (χ4n) is 2.01. The Kier molecular flexibility index (Phi) is 5.47. The third-order valence-electron chi connectivity index (χ3n) is 3.87. The maximum Gasteiger partial charge on any atom is 0.312 e. The fraction of sp³-hybridized carbons (Fsp3) is 0.786. The van der Waals surface area contributed by atoms with Gasteiger partial charge in [0, 0.05) is 12.6 Å². The molecule has 0 bridgehead atoms. The minimum Gasteiger partial charge on any atom is -0.390 e. The molecule has 2 N–H and O–H groups in total. The van der Waals surface area contributed by atoms with Crippen LogP contribution < -0.4 is 5.32 Å². The van der Waals surface area contributed by atoms with E-state index in [1.807, 2.05) is 0 Å². The molecule has 1 aromatic rings. The fourth-order valence-corrected chi connectivity index (χ4v) is 2.01. The predicted molar refractivity (Wildman–Crippen MR) is 81.3 cm³/mol. The first-order chi connectivity index (χ1) is 9.54. The van der Waals surface area contributed by atoms with Crippen molar-refractivity contribution < 1.29 is 10.0 Å². The Morgan fingerprint density at radius 1 is 1.43 bits per heavy atom. The summed E-state index contributed by atoms with van der Waals surface area (Å²) in [5, 5.41) is 28.4. The van der Waals surface area contributed by atoms with Crippen molar-refractivity contribution in [1.29, 1.82) is 0 Å². The maximum absolute atomic E-state index is 10.9. The van der Waals surface area contributed by atoms with E-state index < -0.39 is 11.0 Å². The topological polar surface area (TPSA) is 93.2 Å². The highest BCUT2D eigenvalue weighted by molar-refractivity contribution is 5.39. The number of aromatic nitrogens is 2. The Morgan fingerprint density at radius 3 is 2.43 bits per heavy atom. The molecule has 0 spiro atoms. The summed E-state index contributed by atoms with van der Waals surface area (Å²) in [6, 6.07) is 0.252. The van der Waals surface area contributed by atoms with E-state index in [1.54, 1.807) is 13.8 Å². The molecule has 0 fully saturated rings. The Bertz CT molecular complexity index is 505. The van der Waals surface area contributed by atoms with Gasteiger partial charge in [0.05, 0.1) is 17.6 Å². The summed E-state index contributed by atoms with van der Waals surface area (Å²) in [6.07, 6.45) is -0.646. The molecule has 2 atom stereocenters. The van der Waals surface area contributed by atoms with Crippen LogP contribution in [-0.2, 0) is 6.54 Å². The number of aliphatic hydroxyl groups excluding tert-OH is 1. The number of nitrogens with zero attached hydrogens (tertiary/aromatic N) is 3. The highest BCUT2D eigenvalue weighted by Crippen LogP contribution is 2.22.